The number of nitrogens with one attached hydrogen (secondary N) is 2. The highest BCUT2D eigenvalue weighted by Crippen LogP contribution is 2.21. The van der Waals surface area contributed by atoms with Crippen LogP contribution in [0.1, 0.15) is 22.3 Å². The Kier molecular flexibility index (Phi) is 5.11. The van der Waals surface area contributed by atoms with Gasteiger partial charge in [-0.1, -0.05) is 35.9 Å². The summed E-state index contributed by atoms with van der Waals surface area (Å²) in [5.74, 6) is -1.98. The van der Waals surface area contributed by atoms with Crippen molar-refractivity contribution in [3.63, 3.8) is 0 Å². The zero-order valence-electron chi connectivity index (χ0n) is 13.4. The van der Waals surface area contributed by atoms with E-state index in [0.29, 0.717) is 11.3 Å². The van der Waals surface area contributed by atoms with E-state index in [1.165, 1.54) is 6.07 Å². The third-order valence-electron chi connectivity index (χ3n) is 3.52. The number of rotatable bonds is 3. The van der Waals surface area contributed by atoms with Gasteiger partial charge in [0.1, 0.15) is 5.82 Å². The molecule has 2 rings (SSSR count). The molecule has 2 aromatic rings. The highest BCUT2D eigenvalue weighted by atomic mass is 19.1. The molecule has 0 saturated carbocycles. The number of carbonyl (C=O) groups is 2. The number of hydrogen-bond acceptors (Lipinski definition) is 2. The summed E-state index contributed by atoms with van der Waals surface area (Å²) < 4.78 is 13.5. The molecule has 0 radical (unpaired) electrons. The van der Waals surface area contributed by atoms with Gasteiger partial charge in [-0.05, 0) is 38.0 Å². The van der Waals surface area contributed by atoms with E-state index in [2.05, 4.69) is 10.6 Å². The van der Waals surface area contributed by atoms with Gasteiger partial charge in [-0.3, -0.25) is 9.59 Å². The Morgan fingerprint density at radius 2 is 1.61 bits per heavy atom. The molecule has 0 aliphatic rings. The molecular weight excluding hydrogens is 295 g/mol. The van der Waals surface area contributed by atoms with Crippen molar-refractivity contribution in [1.82, 2.24) is 5.32 Å². The minimum Gasteiger partial charge on any atom is -0.344 e. The van der Waals surface area contributed by atoms with Crippen LogP contribution >= 0.6 is 0 Å². The second-order valence-electron chi connectivity index (χ2n) is 5.50. The average molecular weight is 314 g/mol. The molecule has 0 unspecified atom stereocenters. The summed E-state index contributed by atoms with van der Waals surface area (Å²) in [5.41, 5.74) is 3.82. The molecule has 0 heterocycles. The van der Waals surface area contributed by atoms with E-state index in [-0.39, 0.29) is 6.54 Å². The molecule has 0 aromatic heterocycles. The van der Waals surface area contributed by atoms with E-state index in [1.807, 2.05) is 32.9 Å². The summed E-state index contributed by atoms with van der Waals surface area (Å²) in [6.45, 7) is 5.66. The second-order valence-corrected chi connectivity index (χ2v) is 5.50. The van der Waals surface area contributed by atoms with Crippen molar-refractivity contribution in [2.24, 2.45) is 0 Å². The molecule has 23 heavy (non-hydrogen) atoms. The van der Waals surface area contributed by atoms with Crippen LogP contribution in [0.15, 0.2) is 36.4 Å². The van der Waals surface area contributed by atoms with E-state index in [4.69, 9.17) is 0 Å². The predicted molar refractivity (Wildman–Crippen MR) is 87.5 cm³/mol. The lowest BCUT2D eigenvalue weighted by molar-refractivity contribution is -0.136. The number of amides is 2. The summed E-state index contributed by atoms with van der Waals surface area (Å²) in [5, 5.41) is 5.03. The molecule has 0 fully saturated rings. The van der Waals surface area contributed by atoms with Gasteiger partial charge in [-0.2, -0.15) is 0 Å². The Balaban J connectivity index is 2.01. The van der Waals surface area contributed by atoms with E-state index >= 15 is 0 Å². The number of benzene rings is 2. The molecule has 2 amide bonds. The van der Waals surface area contributed by atoms with Crippen molar-refractivity contribution in [3.05, 3.63) is 64.5 Å². The van der Waals surface area contributed by atoms with Gasteiger partial charge in [0.2, 0.25) is 0 Å². The Hall–Kier alpha value is -2.69. The van der Waals surface area contributed by atoms with Crippen molar-refractivity contribution >= 4 is 17.5 Å². The van der Waals surface area contributed by atoms with Crippen molar-refractivity contribution in [2.75, 3.05) is 5.32 Å². The van der Waals surface area contributed by atoms with Gasteiger partial charge in [-0.25, -0.2) is 4.39 Å². The Morgan fingerprint density at radius 1 is 1.00 bits per heavy atom. The van der Waals surface area contributed by atoms with Gasteiger partial charge in [0.05, 0.1) is 0 Å². The Labute approximate surface area is 134 Å². The number of carbonyl (C=O) groups excluding carboxylic acids is 2. The monoisotopic (exact) mass is 314 g/mol. The van der Waals surface area contributed by atoms with Gasteiger partial charge >= 0.3 is 11.8 Å². The maximum Gasteiger partial charge on any atom is 0.313 e. The van der Waals surface area contributed by atoms with Gasteiger partial charge in [0.15, 0.2) is 0 Å². The lowest BCUT2D eigenvalue weighted by Crippen LogP contribution is -2.35. The molecule has 120 valence electrons. The zero-order chi connectivity index (χ0) is 17.0. The molecular formula is C18H19FN2O2. The normalized spacial score (nSPS) is 10.3. The van der Waals surface area contributed by atoms with Crippen molar-refractivity contribution in [2.45, 2.75) is 27.3 Å². The van der Waals surface area contributed by atoms with Crippen LogP contribution < -0.4 is 10.6 Å². The smallest absolute Gasteiger partial charge is 0.313 e. The summed E-state index contributed by atoms with van der Waals surface area (Å²) in [6, 6.07) is 9.96. The Bertz CT molecular complexity index is 733. The minimum absolute atomic E-state index is 0.0369. The first kappa shape index (κ1) is 16.7. The third kappa shape index (κ3) is 4.16. The lowest BCUT2D eigenvalue weighted by Gasteiger charge is -2.13. The Morgan fingerprint density at radius 3 is 2.22 bits per heavy atom. The largest absolute Gasteiger partial charge is 0.344 e. The van der Waals surface area contributed by atoms with E-state index in [0.717, 1.165) is 16.7 Å². The van der Waals surface area contributed by atoms with Gasteiger partial charge in [0.25, 0.3) is 0 Å². The van der Waals surface area contributed by atoms with Crippen LogP contribution in [0.4, 0.5) is 10.1 Å². The average Bonchev–Trinajstić information content (AvgIpc) is 2.49. The maximum absolute atomic E-state index is 13.5. The van der Waals surface area contributed by atoms with Crippen molar-refractivity contribution in [3.8, 4) is 0 Å². The van der Waals surface area contributed by atoms with Gasteiger partial charge in [0, 0.05) is 17.8 Å². The molecule has 0 aliphatic heterocycles. The van der Waals surface area contributed by atoms with Crippen molar-refractivity contribution < 1.29 is 14.0 Å². The molecule has 4 nitrogen and oxygen atoms in total. The summed E-state index contributed by atoms with van der Waals surface area (Å²) >= 11 is 0. The van der Waals surface area contributed by atoms with Crippen LogP contribution in [0.25, 0.3) is 0 Å². The quantitative estimate of drug-likeness (QED) is 0.856. The van der Waals surface area contributed by atoms with Crippen LogP contribution in [-0.4, -0.2) is 11.8 Å². The third-order valence-corrected chi connectivity index (χ3v) is 3.52. The van der Waals surface area contributed by atoms with Crippen LogP contribution in [0.5, 0.6) is 0 Å². The first-order valence-corrected chi connectivity index (χ1v) is 7.29. The second kappa shape index (κ2) is 7.05. The van der Waals surface area contributed by atoms with Crippen LogP contribution in [0.2, 0.25) is 0 Å². The number of anilines is 1. The summed E-state index contributed by atoms with van der Waals surface area (Å²) in [4.78, 5) is 23.9. The fourth-order valence-electron chi connectivity index (χ4n) is 2.45. The molecule has 5 heteroatoms. The fraction of sp³-hybridized carbons (Fsp3) is 0.222. The van der Waals surface area contributed by atoms with Gasteiger partial charge in [-0.15, -0.1) is 0 Å². The summed E-state index contributed by atoms with van der Waals surface area (Å²) in [6.07, 6.45) is 0. The molecule has 0 atom stereocenters. The van der Waals surface area contributed by atoms with E-state index in [1.54, 1.807) is 18.2 Å². The van der Waals surface area contributed by atoms with E-state index in [9.17, 15) is 14.0 Å². The predicted octanol–water partition coefficient (Wildman–Crippen LogP) is 3.01. The highest BCUT2D eigenvalue weighted by molar-refractivity contribution is 6.39. The zero-order valence-corrected chi connectivity index (χ0v) is 13.4. The number of aryl methyl sites for hydroxylation is 3. The molecule has 0 spiro atoms. The topological polar surface area (TPSA) is 58.2 Å². The van der Waals surface area contributed by atoms with Crippen LogP contribution in [0, 0.1) is 26.6 Å². The highest BCUT2D eigenvalue weighted by Gasteiger charge is 2.16. The maximum atomic E-state index is 13.5. The summed E-state index contributed by atoms with van der Waals surface area (Å²) in [7, 11) is 0. The van der Waals surface area contributed by atoms with E-state index < -0.39 is 17.6 Å². The van der Waals surface area contributed by atoms with Crippen LogP contribution in [0.3, 0.4) is 0 Å². The molecule has 0 bridgehead atoms. The molecule has 2 aromatic carbocycles. The SMILES string of the molecule is Cc1cc(C)c(NC(=O)C(=O)NCc2ccccc2F)c(C)c1. The van der Waals surface area contributed by atoms with Crippen molar-refractivity contribution in [1.29, 1.82) is 0 Å². The number of halogens is 1. The molecule has 0 saturated heterocycles. The minimum atomic E-state index is -0.798. The standard InChI is InChI=1S/C18H19FN2O2/c1-11-8-12(2)16(13(3)9-11)21-18(23)17(22)20-10-14-6-4-5-7-15(14)19/h4-9H,10H2,1-3H3,(H,20,22)(H,21,23). The first-order valence-electron chi connectivity index (χ1n) is 7.29. The van der Waals surface area contributed by atoms with Gasteiger partial charge < -0.3 is 10.6 Å². The first-order chi connectivity index (χ1) is 10.9. The molecule has 0 aliphatic carbocycles. The van der Waals surface area contributed by atoms with Crippen LogP contribution in [-0.2, 0) is 16.1 Å². The fourth-order valence-corrected chi connectivity index (χ4v) is 2.45. The molecule has 2 N–H and O–H groups in total. The number of hydrogen-bond donors (Lipinski definition) is 2. The lowest BCUT2D eigenvalue weighted by atomic mass is 10.1.